The molecule has 0 aromatic heterocycles. The van der Waals surface area contributed by atoms with Crippen molar-refractivity contribution in [2.24, 2.45) is 0 Å². The summed E-state index contributed by atoms with van der Waals surface area (Å²) in [6, 6.07) is 0. The fourth-order valence-electron chi connectivity index (χ4n) is 1.04. The molecule has 1 unspecified atom stereocenters. The van der Waals surface area contributed by atoms with Crippen LogP contribution < -0.4 is 0 Å². The highest BCUT2D eigenvalue weighted by Crippen LogP contribution is 1.88. The Morgan fingerprint density at radius 2 is 1.24 bits per heavy atom. The van der Waals surface area contributed by atoms with E-state index in [1.807, 2.05) is 13.8 Å². The zero-order chi connectivity index (χ0) is 12.9. The number of rotatable bonds is 12. The van der Waals surface area contributed by atoms with Gasteiger partial charge < -0.3 is 24.1 Å². The largest absolute Gasteiger partial charge is 0.391 e. The van der Waals surface area contributed by atoms with Gasteiger partial charge in [-0.05, 0) is 20.8 Å². The molecule has 0 amide bonds. The molecule has 0 aliphatic carbocycles. The van der Waals surface area contributed by atoms with Crippen molar-refractivity contribution in [2.75, 3.05) is 46.2 Å². The highest BCUT2D eigenvalue weighted by molar-refractivity contribution is 4.41. The predicted octanol–water partition coefficient (Wildman–Crippen LogP) is 0.842. The Hall–Kier alpha value is -0.200. The average molecular weight is 250 g/mol. The molecule has 0 spiro atoms. The molecule has 5 heteroatoms. The maximum atomic E-state index is 8.92. The van der Waals surface area contributed by atoms with Crippen LogP contribution in [0.2, 0.25) is 0 Å². The molecule has 0 fully saturated rings. The van der Waals surface area contributed by atoms with Crippen LogP contribution in [0, 0.1) is 0 Å². The number of hydrogen-bond donors (Lipinski definition) is 1. The van der Waals surface area contributed by atoms with Crippen molar-refractivity contribution < 1.29 is 24.1 Å². The van der Waals surface area contributed by atoms with Gasteiger partial charge in [0.1, 0.15) is 0 Å². The third-order valence-corrected chi connectivity index (χ3v) is 1.78. The van der Waals surface area contributed by atoms with Gasteiger partial charge in [-0.3, -0.25) is 0 Å². The number of ether oxygens (including phenoxy) is 4. The summed E-state index contributed by atoms with van der Waals surface area (Å²) >= 11 is 0. The van der Waals surface area contributed by atoms with Gasteiger partial charge in [-0.15, -0.1) is 0 Å². The minimum Gasteiger partial charge on any atom is -0.391 e. The van der Waals surface area contributed by atoms with E-state index in [2.05, 4.69) is 0 Å². The van der Waals surface area contributed by atoms with Crippen LogP contribution in [0.1, 0.15) is 20.8 Å². The van der Waals surface area contributed by atoms with Gasteiger partial charge in [0.2, 0.25) is 0 Å². The van der Waals surface area contributed by atoms with Crippen molar-refractivity contribution >= 4 is 0 Å². The molecule has 0 aliphatic rings. The predicted molar refractivity (Wildman–Crippen MR) is 65.2 cm³/mol. The van der Waals surface area contributed by atoms with Crippen molar-refractivity contribution in [3.8, 4) is 0 Å². The summed E-state index contributed by atoms with van der Waals surface area (Å²) in [6.45, 7) is 9.40. The molecule has 0 rings (SSSR count). The van der Waals surface area contributed by atoms with Gasteiger partial charge in [0.25, 0.3) is 0 Å². The summed E-state index contributed by atoms with van der Waals surface area (Å²) in [6.07, 6.45) is -0.166. The van der Waals surface area contributed by atoms with Crippen molar-refractivity contribution in [1.29, 1.82) is 0 Å². The van der Waals surface area contributed by atoms with E-state index >= 15 is 0 Å². The lowest BCUT2D eigenvalue weighted by molar-refractivity contribution is -0.0198. The van der Waals surface area contributed by atoms with Crippen LogP contribution >= 0.6 is 0 Å². The van der Waals surface area contributed by atoms with Crippen molar-refractivity contribution in [2.45, 2.75) is 33.0 Å². The molecule has 0 aromatic rings. The first-order valence-electron chi connectivity index (χ1n) is 6.15. The lowest BCUT2D eigenvalue weighted by Gasteiger charge is -2.09. The van der Waals surface area contributed by atoms with Crippen LogP contribution in [0.15, 0.2) is 0 Å². The fourth-order valence-corrected chi connectivity index (χ4v) is 1.04. The Kier molecular flexibility index (Phi) is 12.1. The summed E-state index contributed by atoms with van der Waals surface area (Å²) in [5, 5.41) is 8.92. The van der Waals surface area contributed by atoms with Crippen LogP contribution in [-0.4, -0.2) is 63.6 Å². The Labute approximate surface area is 104 Å². The number of hydrogen-bond acceptors (Lipinski definition) is 5. The summed E-state index contributed by atoms with van der Waals surface area (Å²) in [5.41, 5.74) is 0. The van der Waals surface area contributed by atoms with Crippen molar-refractivity contribution in [1.82, 2.24) is 0 Å². The van der Waals surface area contributed by atoms with Crippen LogP contribution in [0.5, 0.6) is 0 Å². The van der Waals surface area contributed by atoms with Gasteiger partial charge in [0.15, 0.2) is 0 Å². The molecular weight excluding hydrogens is 224 g/mol. The number of aliphatic hydroxyl groups excluding tert-OH is 1. The third kappa shape index (κ3) is 15.8. The van der Waals surface area contributed by atoms with E-state index in [9.17, 15) is 0 Å². The molecule has 0 saturated heterocycles. The molecular formula is C12H26O5. The molecule has 1 N–H and O–H groups in total. The van der Waals surface area contributed by atoms with E-state index < -0.39 is 6.10 Å². The fraction of sp³-hybridized carbons (Fsp3) is 1.00. The molecule has 0 heterocycles. The van der Waals surface area contributed by atoms with E-state index in [1.54, 1.807) is 6.92 Å². The van der Waals surface area contributed by atoms with E-state index in [0.717, 1.165) is 0 Å². The maximum absolute atomic E-state index is 8.92. The Morgan fingerprint density at radius 1 is 0.765 bits per heavy atom. The Balaban J connectivity index is 2.94. The minimum absolute atomic E-state index is 0.251. The average Bonchev–Trinajstić information content (AvgIpc) is 2.25. The first kappa shape index (κ1) is 16.8. The third-order valence-electron chi connectivity index (χ3n) is 1.78. The zero-order valence-electron chi connectivity index (χ0n) is 11.2. The maximum Gasteiger partial charge on any atom is 0.0745 e. The second kappa shape index (κ2) is 12.3. The summed E-state index contributed by atoms with van der Waals surface area (Å²) < 4.78 is 21.0. The van der Waals surface area contributed by atoms with Gasteiger partial charge in [-0.2, -0.15) is 0 Å². The van der Waals surface area contributed by atoms with E-state index in [1.165, 1.54) is 0 Å². The summed E-state index contributed by atoms with van der Waals surface area (Å²) in [5.74, 6) is 0. The van der Waals surface area contributed by atoms with E-state index in [-0.39, 0.29) is 6.10 Å². The highest BCUT2D eigenvalue weighted by atomic mass is 16.6. The van der Waals surface area contributed by atoms with Gasteiger partial charge in [-0.1, -0.05) is 0 Å². The van der Waals surface area contributed by atoms with Crippen LogP contribution in [0.3, 0.4) is 0 Å². The zero-order valence-corrected chi connectivity index (χ0v) is 11.2. The second-order valence-corrected chi connectivity index (χ2v) is 4.07. The Morgan fingerprint density at radius 3 is 1.71 bits per heavy atom. The van der Waals surface area contributed by atoms with E-state index in [4.69, 9.17) is 24.1 Å². The standard InChI is InChI=1S/C12H26O5/c1-11(2)17-9-8-15-5-4-14-6-7-16-10-12(3)13/h11-13H,4-10H2,1-3H3. The Bertz CT molecular complexity index is 134. The molecule has 0 aromatic carbocycles. The smallest absolute Gasteiger partial charge is 0.0745 e. The van der Waals surface area contributed by atoms with Crippen molar-refractivity contribution in [3.63, 3.8) is 0 Å². The monoisotopic (exact) mass is 250 g/mol. The van der Waals surface area contributed by atoms with Gasteiger partial charge in [0.05, 0.1) is 58.5 Å². The first-order valence-corrected chi connectivity index (χ1v) is 6.15. The quantitative estimate of drug-likeness (QED) is 0.520. The number of aliphatic hydroxyl groups is 1. The minimum atomic E-state index is -0.417. The molecule has 0 radical (unpaired) electrons. The highest BCUT2D eigenvalue weighted by Gasteiger charge is 1.96. The van der Waals surface area contributed by atoms with Crippen LogP contribution in [0.4, 0.5) is 0 Å². The summed E-state index contributed by atoms with van der Waals surface area (Å²) in [4.78, 5) is 0. The topological polar surface area (TPSA) is 57.2 Å². The molecule has 1 atom stereocenters. The lowest BCUT2D eigenvalue weighted by atomic mass is 10.4. The van der Waals surface area contributed by atoms with Crippen LogP contribution in [-0.2, 0) is 18.9 Å². The molecule has 104 valence electrons. The van der Waals surface area contributed by atoms with Crippen LogP contribution in [0.25, 0.3) is 0 Å². The molecule has 0 bridgehead atoms. The van der Waals surface area contributed by atoms with Gasteiger partial charge in [-0.25, -0.2) is 0 Å². The molecule has 0 saturated carbocycles. The molecule has 0 aliphatic heterocycles. The summed E-state index contributed by atoms with van der Waals surface area (Å²) in [7, 11) is 0. The second-order valence-electron chi connectivity index (χ2n) is 4.07. The lowest BCUT2D eigenvalue weighted by Crippen LogP contribution is -2.15. The van der Waals surface area contributed by atoms with Gasteiger partial charge in [0, 0.05) is 0 Å². The van der Waals surface area contributed by atoms with E-state index in [0.29, 0.717) is 46.2 Å². The van der Waals surface area contributed by atoms with Crippen molar-refractivity contribution in [3.05, 3.63) is 0 Å². The first-order chi connectivity index (χ1) is 8.13. The molecule has 17 heavy (non-hydrogen) atoms. The van der Waals surface area contributed by atoms with Gasteiger partial charge >= 0.3 is 0 Å². The SMILES string of the molecule is CC(O)COCCOCCOCCOC(C)C. The normalized spacial score (nSPS) is 13.2. The molecule has 5 nitrogen and oxygen atoms in total.